The average molecular weight is 350 g/mol. The van der Waals surface area contributed by atoms with Gasteiger partial charge in [-0.1, -0.05) is 38.2 Å². The van der Waals surface area contributed by atoms with E-state index < -0.39 is 22.9 Å². The van der Waals surface area contributed by atoms with Crippen LogP contribution in [-0.4, -0.2) is 44.2 Å². The molecule has 4 atom stereocenters. The summed E-state index contributed by atoms with van der Waals surface area (Å²) in [5.74, 6) is -0.459. The second-order valence-electron chi connectivity index (χ2n) is 8.14. The normalized spacial score (nSPS) is 42.5. The van der Waals surface area contributed by atoms with Gasteiger partial charge in [0, 0.05) is 12.0 Å². The second kappa shape index (κ2) is 7.06. The molecule has 0 saturated carbocycles. The first-order valence-electron chi connectivity index (χ1n) is 8.89. The second-order valence-corrected chi connectivity index (χ2v) is 8.14. The van der Waals surface area contributed by atoms with E-state index in [1.807, 2.05) is 13.8 Å². The molecule has 0 spiro atoms. The molecule has 0 aromatic heterocycles. The molecule has 0 radical (unpaired) electrons. The number of esters is 1. The van der Waals surface area contributed by atoms with Crippen LogP contribution in [0, 0.1) is 5.92 Å². The summed E-state index contributed by atoms with van der Waals surface area (Å²) in [6, 6.07) is 0. The lowest BCUT2D eigenvalue weighted by Gasteiger charge is -2.30. The van der Waals surface area contributed by atoms with E-state index in [-0.39, 0.29) is 18.3 Å². The Morgan fingerprint density at radius 2 is 1.80 bits per heavy atom. The summed E-state index contributed by atoms with van der Waals surface area (Å²) >= 11 is 0. The van der Waals surface area contributed by atoms with Gasteiger partial charge < -0.3 is 20.1 Å². The summed E-state index contributed by atoms with van der Waals surface area (Å²) in [5, 5.41) is 31.9. The predicted octanol–water partition coefficient (Wildman–Crippen LogP) is 2.41. The van der Waals surface area contributed by atoms with E-state index in [1.165, 1.54) is 0 Å². The molecule has 5 nitrogen and oxygen atoms in total. The molecule has 0 amide bonds. The van der Waals surface area contributed by atoms with E-state index in [9.17, 15) is 20.1 Å². The number of hydrogen-bond donors (Lipinski definition) is 3. The summed E-state index contributed by atoms with van der Waals surface area (Å²) < 4.78 is 5.33. The Labute approximate surface area is 149 Å². The lowest BCUT2D eigenvalue weighted by molar-refractivity contribution is -0.141. The third-order valence-electron chi connectivity index (χ3n) is 5.06. The van der Waals surface area contributed by atoms with Crippen molar-refractivity contribution >= 4 is 5.97 Å². The van der Waals surface area contributed by atoms with Gasteiger partial charge in [0.05, 0.1) is 16.8 Å². The van der Waals surface area contributed by atoms with Crippen LogP contribution >= 0.6 is 0 Å². The SMILES string of the molecule is CC(C)[C@]1(O)/C=C/[C@](C)(O)C/C=C/[C@](C)(O)C[C@H]2C=C(CC1)C(=O)O2. The number of carbonyl (C=O) groups is 1. The van der Waals surface area contributed by atoms with Crippen LogP contribution in [-0.2, 0) is 9.53 Å². The van der Waals surface area contributed by atoms with Gasteiger partial charge in [-0.05, 0) is 45.1 Å². The Balaban J connectivity index is 2.35. The molecule has 2 bridgehead atoms. The minimum atomic E-state index is -1.14. The molecule has 1 aliphatic heterocycles. The Morgan fingerprint density at radius 3 is 2.44 bits per heavy atom. The highest BCUT2D eigenvalue weighted by Gasteiger charge is 2.34. The summed E-state index contributed by atoms with van der Waals surface area (Å²) in [5.41, 5.74) is -2.87. The van der Waals surface area contributed by atoms with E-state index in [2.05, 4.69) is 0 Å². The quantitative estimate of drug-likeness (QED) is 0.499. The van der Waals surface area contributed by atoms with Gasteiger partial charge in [0.1, 0.15) is 6.10 Å². The van der Waals surface area contributed by atoms with Crippen LogP contribution in [0.5, 0.6) is 0 Å². The molecule has 1 aliphatic carbocycles. The van der Waals surface area contributed by atoms with E-state index in [0.29, 0.717) is 24.8 Å². The summed E-state index contributed by atoms with van der Waals surface area (Å²) in [6.45, 7) is 7.12. The fraction of sp³-hybridized carbons (Fsp3) is 0.650. The molecular weight excluding hydrogens is 320 g/mol. The zero-order chi connectivity index (χ0) is 18.9. The van der Waals surface area contributed by atoms with Crippen molar-refractivity contribution in [2.45, 2.75) is 76.3 Å². The predicted molar refractivity (Wildman–Crippen MR) is 95.7 cm³/mol. The van der Waals surface area contributed by atoms with Gasteiger partial charge >= 0.3 is 5.97 Å². The van der Waals surface area contributed by atoms with Crippen LogP contribution in [0.3, 0.4) is 0 Å². The molecule has 1 heterocycles. The highest BCUT2D eigenvalue weighted by molar-refractivity contribution is 5.90. The van der Waals surface area contributed by atoms with Gasteiger partial charge in [-0.2, -0.15) is 0 Å². The van der Waals surface area contributed by atoms with E-state index in [4.69, 9.17) is 4.74 Å². The number of rotatable bonds is 1. The molecule has 2 rings (SSSR count). The van der Waals surface area contributed by atoms with Crippen LogP contribution in [0.4, 0.5) is 0 Å². The molecule has 140 valence electrons. The minimum absolute atomic E-state index is 0.0717. The number of fused-ring (bicyclic) bond motifs is 1. The van der Waals surface area contributed by atoms with Crippen molar-refractivity contribution in [1.29, 1.82) is 0 Å². The molecule has 2 aliphatic rings. The first-order valence-corrected chi connectivity index (χ1v) is 8.89. The Bertz CT molecular complexity index is 597. The van der Waals surface area contributed by atoms with Crippen molar-refractivity contribution in [2.75, 3.05) is 0 Å². The highest BCUT2D eigenvalue weighted by Crippen LogP contribution is 2.32. The number of carbonyl (C=O) groups excluding carboxylic acids is 1. The van der Waals surface area contributed by atoms with Gasteiger partial charge in [0.25, 0.3) is 0 Å². The molecule has 5 heteroatoms. The van der Waals surface area contributed by atoms with Gasteiger partial charge in [-0.15, -0.1) is 0 Å². The fourth-order valence-electron chi connectivity index (χ4n) is 3.14. The van der Waals surface area contributed by atoms with Gasteiger partial charge in [0.15, 0.2) is 0 Å². The van der Waals surface area contributed by atoms with E-state index in [1.54, 1.807) is 44.2 Å². The molecule has 0 unspecified atom stereocenters. The summed E-state index contributed by atoms with van der Waals surface area (Å²) in [6.07, 6.45) is 9.14. The number of ether oxygens (including phenoxy) is 1. The Hall–Kier alpha value is -1.43. The van der Waals surface area contributed by atoms with Crippen molar-refractivity contribution in [3.8, 4) is 0 Å². The molecule has 0 aromatic carbocycles. The van der Waals surface area contributed by atoms with Gasteiger partial charge in [-0.25, -0.2) is 4.79 Å². The van der Waals surface area contributed by atoms with Crippen molar-refractivity contribution < 1.29 is 24.9 Å². The summed E-state index contributed by atoms with van der Waals surface area (Å²) in [4.78, 5) is 12.1. The lowest BCUT2D eigenvalue weighted by atomic mass is 9.82. The van der Waals surface area contributed by atoms with Crippen LogP contribution in [0.15, 0.2) is 36.0 Å². The Morgan fingerprint density at radius 1 is 1.12 bits per heavy atom. The van der Waals surface area contributed by atoms with Crippen LogP contribution in [0.1, 0.15) is 53.4 Å². The highest BCUT2D eigenvalue weighted by atomic mass is 16.5. The molecule has 0 fully saturated rings. The smallest absolute Gasteiger partial charge is 0.334 e. The number of aliphatic hydroxyl groups is 3. The zero-order valence-corrected chi connectivity index (χ0v) is 15.5. The van der Waals surface area contributed by atoms with Crippen molar-refractivity contribution in [3.63, 3.8) is 0 Å². The molecular formula is C20H30O5. The maximum absolute atomic E-state index is 12.1. The number of hydrogen-bond acceptors (Lipinski definition) is 5. The van der Waals surface area contributed by atoms with Crippen molar-refractivity contribution in [3.05, 3.63) is 36.0 Å². The van der Waals surface area contributed by atoms with Gasteiger partial charge in [0.2, 0.25) is 0 Å². The topological polar surface area (TPSA) is 87.0 Å². The summed E-state index contributed by atoms with van der Waals surface area (Å²) in [7, 11) is 0. The van der Waals surface area contributed by atoms with E-state index in [0.717, 1.165) is 0 Å². The molecule has 25 heavy (non-hydrogen) atoms. The van der Waals surface area contributed by atoms with Gasteiger partial charge in [-0.3, -0.25) is 0 Å². The monoisotopic (exact) mass is 350 g/mol. The van der Waals surface area contributed by atoms with Crippen molar-refractivity contribution in [2.24, 2.45) is 5.92 Å². The first-order chi connectivity index (χ1) is 11.4. The Kier molecular flexibility index (Phi) is 5.62. The van der Waals surface area contributed by atoms with E-state index >= 15 is 0 Å². The maximum Gasteiger partial charge on any atom is 0.334 e. The van der Waals surface area contributed by atoms with Crippen LogP contribution in [0.25, 0.3) is 0 Å². The molecule has 0 aromatic rings. The minimum Gasteiger partial charge on any atom is -0.455 e. The fourth-order valence-corrected chi connectivity index (χ4v) is 3.14. The third-order valence-corrected chi connectivity index (χ3v) is 5.06. The first kappa shape index (κ1) is 19.9. The maximum atomic E-state index is 12.1. The van der Waals surface area contributed by atoms with Crippen molar-refractivity contribution in [1.82, 2.24) is 0 Å². The van der Waals surface area contributed by atoms with Crippen LogP contribution < -0.4 is 0 Å². The van der Waals surface area contributed by atoms with Crippen LogP contribution in [0.2, 0.25) is 0 Å². The molecule has 0 saturated heterocycles. The largest absolute Gasteiger partial charge is 0.455 e. The third kappa shape index (κ3) is 5.27. The zero-order valence-electron chi connectivity index (χ0n) is 15.5. The molecule has 3 N–H and O–H groups in total. The lowest BCUT2D eigenvalue weighted by Crippen LogP contribution is -2.34. The average Bonchev–Trinajstić information content (AvgIpc) is 2.80. The standard InChI is InChI=1S/C20H30O5/c1-14(2)20(24)9-6-15-12-16(25-17(15)21)13-19(4,23)8-5-7-18(3,22)10-11-20/h5,8,10-12,14,16,22-24H,6-7,9,13H2,1-4H3/b8-5+,11-10+/t16-,18-,19+,20-/m1/s1.